The van der Waals surface area contributed by atoms with Gasteiger partial charge < -0.3 is 15.1 Å². The number of halogens is 5. The van der Waals surface area contributed by atoms with Crippen LogP contribution in [0.5, 0.6) is 0 Å². The van der Waals surface area contributed by atoms with Crippen LogP contribution in [-0.2, 0) is 6.54 Å². The van der Waals surface area contributed by atoms with Gasteiger partial charge in [0.05, 0.1) is 23.4 Å². The second-order valence-corrected chi connectivity index (χ2v) is 11.8. The minimum absolute atomic E-state index is 0.0391. The van der Waals surface area contributed by atoms with Crippen molar-refractivity contribution in [3.8, 4) is 0 Å². The maximum absolute atomic E-state index is 15.2. The molecular formula is C30H38ClF4N5O. The number of likely N-dealkylation sites (tertiary alicyclic amines) is 2. The van der Waals surface area contributed by atoms with Crippen LogP contribution in [0.2, 0.25) is 5.02 Å². The molecule has 1 atom stereocenters. The molecule has 3 aliphatic heterocycles. The van der Waals surface area contributed by atoms with E-state index in [1.165, 1.54) is 18.9 Å². The van der Waals surface area contributed by atoms with Gasteiger partial charge in [0, 0.05) is 56.9 Å². The van der Waals surface area contributed by atoms with Crippen LogP contribution in [0.15, 0.2) is 36.4 Å². The molecule has 0 spiro atoms. The van der Waals surface area contributed by atoms with Crippen LogP contribution in [0.1, 0.15) is 48.0 Å². The van der Waals surface area contributed by atoms with Crippen molar-refractivity contribution >= 4 is 28.9 Å². The van der Waals surface area contributed by atoms with Gasteiger partial charge in [-0.1, -0.05) is 17.7 Å². The molecule has 1 amide bonds. The summed E-state index contributed by atoms with van der Waals surface area (Å²) < 4.78 is 53.1. The van der Waals surface area contributed by atoms with Crippen LogP contribution >= 0.6 is 11.6 Å². The van der Waals surface area contributed by atoms with Crippen LogP contribution in [0.3, 0.4) is 0 Å². The van der Waals surface area contributed by atoms with E-state index in [0.29, 0.717) is 55.2 Å². The zero-order valence-corrected chi connectivity index (χ0v) is 24.0. The Hall–Kier alpha value is -2.40. The van der Waals surface area contributed by atoms with Gasteiger partial charge in [-0.05, 0) is 81.2 Å². The number of amides is 1. The largest absolute Gasteiger partial charge is 0.390 e. The van der Waals surface area contributed by atoms with Gasteiger partial charge in [-0.15, -0.1) is 0 Å². The summed E-state index contributed by atoms with van der Waals surface area (Å²) in [7, 11) is 0. The standard InChI is InChI=1S/C30H38ClF4N5O/c31-23-6-8-27(28(19-23)39-16-14-37(15-17-39)13-9-30(33,34)35)36-29(41)25-7-5-22(18-26(25)32)20-40-12-3-4-24(40)21-38-10-1-2-11-38/h5-8,18-19,24H,1-4,9-17,20-21H2,(H,36,41). The van der Waals surface area contributed by atoms with E-state index >= 15 is 4.39 Å². The van der Waals surface area contributed by atoms with Crippen molar-refractivity contribution in [3.05, 3.63) is 58.4 Å². The van der Waals surface area contributed by atoms with Crippen molar-refractivity contribution in [1.29, 1.82) is 0 Å². The molecule has 2 aromatic rings. The van der Waals surface area contributed by atoms with Gasteiger partial charge in [0.15, 0.2) is 0 Å². The number of hydrogen-bond donors (Lipinski definition) is 1. The normalized spacial score (nSPS) is 21.1. The molecular weight excluding hydrogens is 558 g/mol. The number of benzene rings is 2. The van der Waals surface area contributed by atoms with E-state index in [4.69, 9.17) is 11.6 Å². The van der Waals surface area contributed by atoms with Gasteiger partial charge in [-0.2, -0.15) is 13.2 Å². The molecule has 3 heterocycles. The molecule has 0 aromatic heterocycles. The lowest BCUT2D eigenvalue weighted by Gasteiger charge is -2.37. The Morgan fingerprint density at radius 3 is 2.39 bits per heavy atom. The molecule has 2 aromatic carbocycles. The Morgan fingerprint density at radius 2 is 1.68 bits per heavy atom. The Balaban J connectivity index is 1.20. The fourth-order valence-electron chi connectivity index (χ4n) is 6.21. The van der Waals surface area contributed by atoms with Crippen molar-refractivity contribution in [3.63, 3.8) is 0 Å². The van der Waals surface area contributed by atoms with Crippen LogP contribution < -0.4 is 10.2 Å². The highest BCUT2D eigenvalue weighted by Gasteiger charge is 2.30. The van der Waals surface area contributed by atoms with Crippen LogP contribution in [-0.4, -0.2) is 91.7 Å². The third-order valence-corrected chi connectivity index (χ3v) is 8.70. The molecule has 5 rings (SSSR count). The fraction of sp³-hybridized carbons (Fsp3) is 0.567. The molecule has 1 unspecified atom stereocenters. The monoisotopic (exact) mass is 595 g/mol. The highest BCUT2D eigenvalue weighted by Crippen LogP contribution is 2.31. The van der Waals surface area contributed by atoms with Gasteiger partial charge in [-0.25, -0.2) is 4.39 Å². The molecule has 3 saturated heterocycles. The number of alkyl halides is 3. The molecule has 41 heavy (non-hydrogen) atoms. The minimum Gasteiger partial charge on any atom is -0.367 e. The first-order valence-corrected chi connectivity index (χ1v) is 14.9. The van der Waals surface area contributed by atoms with Gasteiger partial charge >= 0.3 is 6.18 Å². The summed E-state index contributed by atoms with van der Waals surface area (Å²) in [4.78, 5) is 21.9. The predicted molar refractivity (Wildman–Crippen MR) is 154 cm³/mol. The molecule has 0 radical (unpaired) electrons. The lowest BCUT2D eigenvalue weighted by atomic mass is 10.1. The molecule has 3 fully saturated rings. The average Bonchev–Trinajstić information content (AvgIpc) is 3.61. The number of carbonyl (C=O) groups excluding carboxylic acids is 1. The quantitative estimate of drug-likeness (QED) is 0.368. The van der Waals surface area contributed by atoms with Gasteiger partial charge in [0.1, 0.15) is 5.82 Å². The third-order valence-electron chi connectivity index (χ3n) is 8.46. The number of rotatable bonds is 9. The van der Waals surface area contributed by atoms with Crippen LogP contribution in [0, 0.1) is 5.82 Å². The maximum atomic E-state index is 15.2. The summed E-state index contributed by atoms with van der Waals surface area (Å²) >= 11 is 6.25. The molecule has 1 N–H and O–H groups in total. The van der Waals surface area contributed by atoms with Crippen molar-refractivity contribution in [2.24, 2.45) is 0 Å². The van der Waals surface area contributed by atoms with Crippen LogP contribution in [0.25, 0.3) is 0 Å². The van der Waals surface area contributed by atoms with E-state index in [-0.39, 0.29) is 12.1 Å². The zero-order chi connectivity index (χ0) is 29.0. The Kier molecular flexibility index (Phi) is 9.74. The molecule has 6 nitrogen and oxygen atoms in total. The van der Waals surface area contributed by atoms with E-state index in [1.807, 2.05) is 11.0 Å². The number of piperazine rings is 1. The van der Waals surface area contributed by atoms with E-state index in [1.54, 1.807) is 29.2 Å². The molecule has 3 aliphatic rings. The number of nitrogens with one attached hydrogen (secondary N) is 1. The topological polar surface area (TPSA) is 42.1 Å². The average molecular weight is 596 g/mol. The number of carbonyl (C=O) groups is 1. The number of hydrogen-bond acceptors (Lipinski definition) is 5. The van der Waals surface area contributed by atoms with Gasteiger partial charge in [0.25, 0.3) is 5.91 Å². The van der Waals surface area contributed by atoms with E-state index in [2.05, 4.69) is 15.1 Å². The Morgan fingerprint density at radius 1 is 0.927 bits per heavy atom. The Labute approximate surface area is 244 Å². The van der Waals surface area contributed by atoms with E-state index in [0.717, 1.165) is 44.6 Å². The van der Waals surface area contributed by atoms with Crippen molar-refractivity contribution in [1.82, 2.24) is 14.7 Å². The molecule has 0 bridgehead atoms. The minimum atomic E-state index is -4.18. The zero-order valence-electron chi connectivity index (χ0n) is 23.2. The van der Waals surface area contributed by atoms with Crippen LogP contribution in [0.4, 0.5) is 28.9 Å². The lowest BCUT2D eigenvalue weighted by molar-refractivity contribution is -0.138. The fourth-order valence-corrected chi connectivity index (χ4v) is 6.37. The second-order valence-electron chi connectivity index (χ2n) is 11.4. The number of nitrogens with zero attached hydrogens (tertiary/aromatic N) is 4. The first-order chi connectivity index (χ1) is 19.6. The maximum Gasteiger partial charge on any atom is 0.390 e. The highest BCUT2D eigenvalue weighted by atomic mass is 35.5. The van der Waals surface area contributed by atoms with Crippen molar-refractivity contribution in [2.75, 3.05) is 69.1 Å². The molecule has 224 valence electrons. The van der Waals surface area contributed by atoms with E-state index < -0.39 is 24.3 Å². The van der Waals surface area contributed by atoms with Crippen molar-refractivity contribution < 1.29 is 22.4 Å². The first kappa shape index (κ1) is 30.1. The third kappa shape index (κ3) is 8.12. The Bertz CT molecular complexity index is 1200. The van der Waals surface area contributed by atoms with Gasteiger partial charge in [-0.3, -0.25) is 14.6 Å². The SMILES string of the molecule is O=C(Nc1ccc(Cl)cc1N1CCN(CCC(F)(F)F)CC1)c1ccc(CN2CCCC2CN2CCCC2)cc1F. The lowest BCUT2D eigenvalue weighted by Crippen LogP contribution is -2.47. The summed E-state index contributed by atoms with van der Waals surface area (Å²) in [5.41, 5.74) is 1.95. The van der Waals surface area contributed by atoms with Crippen molar-refractivity contribution in [2.45, 2.75) is 50.9 Å². The number of anilines is 2. The summed E-state index contributed by atoms with van der Waals surface area (Å²) in [5.74, 6) is -1.13. The second kappa shape index (κ2) is 13.3. The van der Waals surface area contributed by atoms with E-state index in [9.17, 15) is 18.0 Å². The first-order valence-electron chi connectivity index (χ1n) is 14.5. The summed E-state index contributed by atoms with van der Waals surface area (Å²) in [5, 5.41) is 3.30. The summed E-state index contributed by atoms with van der Waals surface area (Å²) in [6.07, 6.45) is -0.188. The predicted octanol–water partition coefficient (Wildman–Crippen LogP) is 5.87. The highest BCUT2D eigenvalue weighted by molar-refractivity contribution is 6.31. The molecule has 11 heteroatoms. The van der Waals surface area contributed by atoms with Gasteiger partial charge in [0.2, 0.25) is 0 Å². The molecule has 0 aliphatic carbocycles. The summed E-state index contributed by atoms with van der Waals surface area (Å²) in [6.45, 7) is 6.90. The summed E-state index contributed by atoms with van der Waals surface area (Å²) in [6, 6.07) is 10.3. The molecule has 0 saturated carbocycles. The smallest absolute Gasteiger partial charge is 0.367 e.